The fourth-order valence-electron chi connectivity index (χ4n) is 3.88. The first-order valence-corrected chi connectivity index (χ1v) is 10.4. The number of carbonyl (C=O) groups excluding carboxylic acids is 1. The zero-order valence-electron chi connectivity index (χ0n) is 18.8. The quantitative estimate of drug-likeness (QED) is 0.216. The van der Waals surface area contributed by atoms with Gasteiger partial charge in [0.15, 0.2) is 11.3 Å². The first-order valence-electron chi connectivity index (χ1n) is 10.4. The molecule has 0 bridgehead atoms. The van der Waals surface area contributed by atoms with Crippen molar-refractivity contribution in [2.75, 3.05) is 13.7 Å². The molecule has 2 heterocycles. The summed E-state index contributed by atoms with van der Waals surface area (Å²) in [6, 6.07) is 7.31. The summed E-state index contributed by atoms with van der Waals surface area (Å²) in [7, 11) is 1.25. The van der Waals surface area contributed by atoms with Crippen LogP contribution in [-0.4, -0.2) is 35.8 Å². The molecular formula is C23H18F3N3O7. The van der Waals surface area contributed by atoms with Crippen molar-refractivity contribution in [2.45, 2.75) is 19.7 Å². The highest BCUT2D eigenvalue weighted by molar-refractivity contribution is 5.98. The van der Waals surface area contributed by atoms with Crippen molar-refractivity contribution >= 4 is 33.5 Å². The Bertz CT molecular complexity index is 1560. The second-order valence-electron chi connectivity index (χ2n) is 7.76. The largest absolute Gasteiger partial charge is 0.573 e. The van der Waals surface area contributed by atoms with E-state index < -0.39 is 22.8 Å². The maximum Gasteiger partial charge on any atom is 0.573 e. The molecule has 0 aliphatic heterocycles. The van der Waals surface area contributed by atoms with Crippen LogP contribution in [-0.2, 0) is 6.42 Å². The van der Waals surface area contributed by atoms with Gasteiger partial charge in [-0.15, -0.1) is 13.2 Å². The summed E-state index contributed by atoms with van der Waals surface area (Å²) in [6.07, 6.45) is -4.61. The average Bonchev–Trinajstić information content (AvgIpc) is 3.11. The molecule has 13 heteroatoms. The highest BCUT2D eigenvalue weighted by Crippen LogP contribution is 2.31. The number of methoxy groups -OCH3 is 1. The van der Waals surface area contributed by atoms with Crippen LogP contribution in [0.5, 0.6) is 11.5 Å². The minimum Gasteiger partial charge on any atom is -0.493 e. The third-order valence-electron chi connectivity index (χ3n) is 5.44. The number of amides is 1. The number of halogens is 3. The third-order valence-corrected chi connectivity index (χ3v) is 5.44. The molecule has 0 aliphatic rings. The molecule has 0 saturated carbocycles. The minimum absolute atomic E-state index is 0.0344. The van der Waals surface area contributed by atoms with E-state index in [1.807, 2.05) is 0 Å². The lowest BCUT2D eigenvalue weighted by Crippen LogP contribution is -2.30. The number of hydrogen-bond donors (Lipinski definition) is 2. The summed E-state index contributed by atoms with van der Waals surface area (Å²) in [4.78, 5) is 38.7. The number of nitro groups is 1. The molecule has 2 aromatic heterocycles. The minimum atomic E-state index is -4.83. The van der Waals surface area contributed by atoms with Crippen molar-refractivity contribution in [3.63, 3.8) is 0 Å². The lowest BCUT2D eigenvalue weighted by Gasteiger charge is -2.09. The van der Waals surface area contributed by atoms with Gasteiger partial charge in [0.25, 0.3) is 11.6 Å². The van der Waals surface area contributed by atoms with Crippen molar-refractivity contribution in [1.29, 1.82) is 0 Å². The van der Waals surface area contributed by atoms with Crippen molar-refractivity contribution in [1.82, 2.24) is 10.3 Å². The summed E-state index contributed by atoms with van der Waals surface area (Å²) >= 11 is 0. The highest BCUT2D eigenvalue weighted by Gasteiger charge is 2.31. The predicted molar refractivity (Wildman–Crippen MR) is 121 cm³/mol. The number of H-pyrrole nitrogens is 1. The van der Waals surface area contributed by atoms with Gasteiger partial charge >= 0.3 is 12.0 Å². The van der Waals surface area contributed by atoms with Gasteiger partial charge in [-0.25, -0.2) is 4.79 Å². The van der Waals surface area contributed by atoms with Gasteiger partial charge in [0, 0.05) is 34.6 Å². The maximum absolute atomic E-state index is 12.7. The molecule has 0 spiro atoms. The number of nitro benzene ring substituents is 1. The van der Waals surface area contributed by atoms with Gasteiger partial charge in [0.2, 0.25) is 0 Å². The van der Waals surface area contributed by atoms with E-state index in [-0.39, 0.29) is 46.7 Å². The van der Waals surface area contributed by atoms with E-state index in [0.717, 1.165) is 12.1 Å². The number of aromatic amines is 1. The first-order chi connectivity index (χ1) is 17.0. The number of alkyl halides is 3. The molecule has 0 unspecified atom stereocenters. The van der Waals surface area contributed by atoms with Crippen LogP contribution < -0.4 is 20.4 Å². The van der Waals surface area contributed by atoms with E-state index in [9.17, 15) is 32.9 Å². The number of non-ortho nitro benzene ring substituents is 1. The van der Waals surface area contributed by atoms with Crippen LogP contribution in [0.2, 0.25) is 0 Å². The number of hydrogen-bond acceptors (Lipinski definition) is 7. The summed E-state index contributed by atoms with van der Waals surface area (Å²) in [5.74, 6) is -1.20. The Morgan fingerprint density at radius 2 is 1.97 bits per heavy atom. The average molecular weight is 505 g/mol. The van der Waals surface area contributed by atoms with Crippen molar-refractivity contribution in [3.8, 4) is 11.5 Å². The molecule has 2 N–H and O–H groups in total. The second-order valence-corrected chi connectivity index (χ2v) is 7.76. The van der Waals surface area contributed by atoms with Crippen molar-refractivity contribution < 1.29 is 36.8 Å². The predicted octanol–water partition coefficient (Wildman–Crippen LogP) is 4.37. The van der Waals surface area contributed by atoms with E-state index in [1.165, 1.54) is 31.4 Å². The standard InChI is InChI=1S/C23H18F3N3O7/c1-11-15(16-10-14(36-23(24,25)26)3-4-18(16)28-11)5-6-27-21(30)17-8-12-7-13(29(32)33)9-19(34-2)20(12)35-22(17)31/h3-4,7-10,28H,5-6H2,1-2H3,(H,27,30). The normalized spacial score (nSPS) is 11.6. The molecule has 1 amide bonds. The fraction of sp³-hybridized carbons (Fsp3) is 0.217. The van der Waals surface area contributed by atoms with Gasteiger partial charge in [0.05, 0.1) is 18.1 Å². The van der Waals surface area contributed by atoms with Crippen LogP contribution in [0.25, 0.3) is 21.9 Å². The number of rotatable bonds is 7. The molecule has 0 radical (unpaired) electrons. The zero-order valence-corrected chi connectivity index (χ0v) is 18.8. The number of benzene rings is 2. The van der Waals surface area contributed by atoms with Gasteiger partial charge in [-0.05, 0) is 43.2 Å². The molecule has 4 rings (SSSR count). The summed E-state index contributed by atoms with van der Waals surface area (Å²) in [5.41, 5.74) is 0.232. The third kappa shape index (κ3) is 4.94. The molecule has 2 aromatic carbocycles. The molecule has 0 atom stereocenters. The van der Waals surface area contributed by atoms with Gasteiger partial charge in [-0.2, -0.15) is 0 Å². The van der Waals surface area contributed by atoms with E-state index in [2.05, 4.69) is 15.0 Å². The topological polar surface area (TPSA) is 137 Å². The number of fused-ring (bicyclic) bond motifs is 2. The second kappa shape index (κ2) is 9.24. The SMILES string of the molecule is COc1cc([N+](=O)[O-])cc2cc(C(=O)NCCc3c(C)[nH]c4ccc(OC(F)(F)F)cc34)c(=O)oc12. The molecule has 0 fully saturated rings. The number of nitrogens with zero attached hydrogens (tertiary/aromatic N) is 1. The van der Waals surface area contributed by atoms with Crippen molar-refractivity contribution in [2.24, 2.45) is 0 Å². The summed E-state index contributed by atoms with van der Waals surface area (Å²) in [6.45, 7) is 1.77. The smallest absolute Gasteiger partial charge is 0.493 e. The molecule has 10 nitrogen and oxygen atoms in total. The van der Waals surface area contributed by atoms with Gasteiger partial charge in [-0.1, -0.05) is 0 Å². The number of nitrogens with one attached hydrogen (secondary N) is 2. The molecular weight excluding hydrogens is 487 g/mol. The first kappa shape index (κ1) is 24.6. The fourth-order valence-corrected chi connectivity index (χ4v) is 3.88. The Balaban J connectivity index is 1.56. The monoisotopic (exact) mass is 505 g/mol. The van der Waals surface area contributed by atoms with Crippen LogP contribution in [0.1, 0.15) is 21.6 Å². The van der Waals surface area contributed by atoms with Crippen LogP contribution >= 0.6 is 0 Å². The Morgan fingerprint density at radius 3 is 2.64 bits per heavy atom. The van der Waals surface area contributed by atoms with E-state index in [1.54, 1.807) is 6.92 Å². The van der Waals surface area contributed by atoms with Gasteiger partial charge in [-0.3, -0.25) is 14.9 Å². The highest BCUT2D eigenvalue weighted by atomic mass is 19.4. The lowest BCUT2D eigenvalue weighted by molar-refractivity contribution is -0.384. The molecule has 0 aliphatic carbocycles. The Kier molecular flexibility index (Phi) is 6.31. The maximum atomic E-state index is 12.7. The van der Waals surface area contributed by atoms with E-state index in [0.29, 0.717) is 22.2 Å². The number of aromatic nitrogens is 1. The van der Waals surface area contributed by atoms with Gasteiger partial charge < -0.3 is 24.2 Å². The number of carbonyl (C=O) groups is 1. The molecule has 36 heavy (non-hydrogen) atoms. The van der Waals surface area contributed by atoms with Crippen LogP contribution in [0.4, 0.5) is 18.9 Å². The number of aryl methyl sites for hydroxylation is 1. The van der Waals surface area contributed by atoms with E-state index >= 15 is 0 Å². The Labute approximate surface area is 199 Å². The molecule has 0 saturated heterocycles. The van der Waals surface area contributed by atoms with Crippen LogP contribution in [0.3, 0.4) is 0 Å². The van der Waals surface area contributed by atoms with Crippen molar-refractivity contribution in [3.05, 3.63) is 73.8 Å². The van der Waals surface area contributed by atoms with Gasteiger partial charge in [0.1, 0.15) is 11.3 Å². The van der Waals surface area contributed by atoms with E-state index in [4.69, 9.17) is 9.15 Å². The zero-order chi connectivity index (χ0) is 26.2. The molecule has 4 aromatic rings. The van der Waals surface area contributed by atoms with Crippen LogP contribution in [0.15, 0.2) is 45.6 Å². The van der Waals surface area contributed by atoms with Crippen LogP contribution in [0, 0.1) is 17.0 Å². The lowest BCUT2D eigenvalue weighted by atomic mass is 10.1. The Hall–Kier alpha value is -4.55. The summed E-state index contributed by atoms with van der Waals surface area (Å²) < 4.78 is 52.0. The summed E-state index contributed by atoms with van der Waals surface area (Å²) in [5, 5.41) is 14.4. The Morgan fingerprint density at radius 1 is 1.22 bits per heavy atom. The molecule has 188 valence electrons. The number of ether oxygens (including phenoxy) is 2.